The van der Waals surface area contributed by atoms with Crippen LogP contribution in [0.1, 0.15) is 13.8 Å². The van der Waals surface area contributed by atoms with Gasteiger partial charge in [-0.05, 0) is 61.6 Å². The van der Waals surface area contributed by atoms with Crippen molar-refractivity contribution in [3.63, 3.8) is 0 Å². The molecule has 0 spiro atoms. The number of amides is 1. The fraction of sp³-hybridized carbons (Fsp3) is 0.500. The van der Waals surface area contributed by atoms with Crippen molar-refractivity contribution < 1.29 is 4.79 Å². The molecule has 0 saturated heterocycles. The van der Waals surface area contributed by atoms with Crippen LogP contribution in [0.2, 0.25) is 0 Å². The zero-order chi connectivity index (χ0) is 11.6. The summed E-state index contributed by atoms with van der Waals surface area (Å²) in [4.78, 5) is 17.8. The Kier molecular flexibility index (Phi) is 4.79. The van der Waals surface area contributed by atoms with Gasteiger partial charge in [-0.25, -0.2) is 14.3 Å². The zero-order valence-electron chi connectivity index (χ0n) is 8.30. The Morgan fingerprint density at radius 1 is 1.33 bits per heavy atom. The molecule has 0 atom stereocenters. The van der Waals surface area contributed by atoms with Crippen molar-refractivity contribution in [1.82, 2.24) is 14.5 Å². The topological polar surface area (TPSA) is 38.1 Å². The number of imidazole rings is 1. The quantitative estimate of drug-likeness (QED) is 0.758. The van der Waals surface area contributed by atoms with Crippen LogP contribution in [0.25, 0.3) is 0 Å². The highest BCUT2D eigenvalue weighted by Gasteiger charge is 2.20. The van der Waals surface area contributed by atoms with E-state index in [1.807, 2.05) is 13.8 Å². The highest BCUT2D eigenvalue weighted by atomic mass is 79.9. The van der Waals surface area contributed by atoms with Crippen molar-refractivity contribution in [3.05, 3.63) is 13.9 Å². The average Bonchev–Trinajstić information content (AvgIpc) is 2.43. The van der Waals surface area contributed by atoms with Gasteiger partial charge in [0.25, 0.3) is 0 Å². The zero-order valence-corrected chi connectivity index (χ0v) is 13.1. The van der Waals surface area contributed by atoms with Gasteiger partial charge in [0, 0.05) is 13.1 Å². The third-order valence-electron chi connectivity index (χ3n) is 1.97. The van der Waals surface area contributed by atoms with Crippen molar-refractivity contribution >= 4 is 53.8 Å². The second kappa shape index (κ2) is 5.45. The first-order valence-corrected chi connectivity index (χ1v) is 6.79. The van der Waals surface area contributed by atoms with Gasteiger partial charge in [0.05, 0.1) is 0 Å². The number of aromatic nitrogens is 2. The number of carbonyl (C=O) groups is 1. The fourth-order valence-electron chi connectivity index (χ4n) is 1.15. The Bertz CT molecular complexity index is 373. The van der Waals surface area contributed by atoms with Gasteiger partial charge in [0.1, 0.15) is 9.21 Å². The highest BCUT2D eigenvalue weighted by Crippen LogP contribution is 2.27. The van der Waals surface area contributed by atoms with E-state index in [1.54, 1.807) is 4.90 Å². The lowest BCUT2D eigenvalue weighted by molar-refractivity contribution is 0.204. The van der Waals surface area contributed by atoms with E-state index < -0.39 is 0 Å². The van der Waals surface area contributed by atoms with Crippen LogP contribution in [-0.4, -0.2) is 33.6 Å². The van der Waals surface area contributed by atoms with E-state index in [1.165, 1.54) is 4.57 Å². The van der Waals surface area contributed by atoms with Gasteiger partial charge in [-0.1, -0.05) is 0 Å². The molecule has 0 saturated carbocycles. The molecule has 0 aliphatic carbocycles. The van der Waals surface area contributed by atoms with Gasteiger partial charge in [-0.3, -0.25) is 0 Å². The highest BCUT2D eigenvalue weighted by molar-refractivity contribution is 9.13. The summed E-state index contributed by atoms with van der Waals surface area (Å²) in [6.45, 7) is 5.22. The molecular weight excluding hydrogens is 394 g/mol. The van der Waals surface area contributed by atoms with E-state index in [-0.39, 0.29) is 6.03 Å². The third-order valence-corrected chi connectivity index (χ3v) is 4.31. The monoisotopic (exact) mass is 401 g/mol. The van der Waals surface area contributed by atoms with E-state index in [0.29, 0.717) is 27.0 Å². The van der Waals surface area contributed by atoms with E-state index >= 15 is 0 Å². The molecule has 84 valence electrons. The number of rotatable bonds is 2. The van der Waals surface area contributed by atoms with E-state index in [4.69, 9.17) is 0 Å². The van der Waals surface area contributed by atoms with Crippen molar-refractivity contribution in [1.29, 1.82) is 0 Å². The van der Waals surface area contributed by atoms with E-state index in [2.05, 4.69) is 52.8 Å². The molecule has 0 radical (unpaired) electrons. The van der Waals surface area contributed by atoms with Gasteiger partial charge >= 0.3 is 6.03 Å². The molecule has 1 aromatic heterocycles. The molecule has 7 heteroatoms. The van der Waals surface area contributed by atoms with Gasteiger partial charge < -0.3 is 4.90 Å². The first kappa shape index (κ1) is 13.2. The normalized spacial score (nSPS) is 10.5. The molecule has 1 amide bonds. The summed E-state index contributed by atoms with van der Waals surface area (Å²) in [5, 5.41) is 0. The second-order valence-corrected chi connectivity index (χ2v) is 4.96. The van der Waals surface area contributed by atoms with Crippen LogP contribution in [0, 0.1) is 0 Å². The summed E-state index contributed by atoms with van der Waals surface area (Å²) >= 11 is 9.79. The van der Waals surface area contributed by atoms with Crippen molar-refractivity contribution in [3.8, 4) is 0 Å². The summed E-state index contributed by atoms with van der Waals surface area (Å²) in [6.07, 6.45) is 0. The van der Waals surface area contributed by atoms with Crippen LogP contribution in [0.5, 0.6) is 0 Å². The van der Waals surface area contributed by atoms with Gasteiger partial charge in [-0.2, -0.15) is 0 Å². The first-order valence-electron chi connectivity index (χ1n) is 4.41. The number of carbonyl (C=O) groups excluding carboxylic acids is 1. The maximum Gasteiger partial charge on any atom is 0.331 e. The second-order valence-electron chi connectivity index (χ2n) is 2.75. The smallest absolute Gasteiger partial charge is 0.325 e. The van der Waals surface area contributed by atoms with Crippen molar-refractivity contribution in [2.45, 2.75) is 13.8 Å². The van der Waals surface area contributed by atoms with Crippen molar-refractivity contribution in [2.75, 3.05) is 13.1 Å². The molecule has 0 N–H and O–H groups in total. The molecule has 0 aliphatic heterocycles. The largest absolute Gasteiger partial charge is 0.331 e. The lowest BCUT2D eigenvalue weighted by atomic mass is 10.5. The summed E-state index contributed by atoms with van der Waals surface area (Å²) in [6, 6.07) is -0.100. The van der Waals surface area contributed by atoms with Crippen LogP contribution < -0.4 is 0 Å². The Morgan fingerprint density at radius 2 is 1.87 bits per heavy atom. The summed E-state index contributed by atoms with van der Waals surface area (Å²) in [5.41, 5.74) is 0. The Labute approximate surface area is 113 Å². The molecule has 1 aromatic rings. The Morgan fingerprint density at radius 3 is 2.20 bits per heavy atom. The van der Waals surface area contributed by atoms with Gasteiger partial charge in [0.2, 0.25) is 0 Å². The van der Waals surface area contributed by atoms with Gasteiger partial charge in [0.15, 0.2) is 4.73 Å². The van der Waals surface area contributed by atoms with Crippen molar-refractivity contribution in [2.24, 2.45) is 0 Å². The molecule has 0 bridgehead atoms. The van der Waals surface area contributed by atoms with E-state index in [0.717, 1.165) is 0 Å². The van der Waals surface area contributed by atoms with Crippen LogP contribution in [0.3, 0.4) is 0 Å². The minimum Gasteiger partial charge on any atom is -0.325 e. The molecule has 1 heterocycles. The minimum atomic E-state index is -0.100. The fourth-order valence-corrected chi connectivity index (χ4v) is 2.88. The predicted molar refractivity (Wildman–Crippen MR) is 69.0 cm³/mol. The molecule has 1 rings (SSSR count). The standard InChI is InChI=1S/C8H10Br3N3O/c1-3-13(4-2)8(15)14-6(10)5(9)12-7(14)11/h3-4H2,1-2H3. The number of hydrogen-bond donors (Lipinski definition) is 0. The summed E-state index contributed by atoms with van der Waals surface area (Å²) < 4.78 is 3.18. The lowest BCUT2D eigenvalue weighted by Crippen LogP contribution is -2.34. The molecule has 0 unspecified atom stereocenters. The van der Waals surface area contributed by atoms with Gasteiger partial charge in [-0.15, -0.1) is 0 Å². The molecule has 15 heavy (non-hydrogen) atoms. The first-order chi connectivity index (χ1) is 7.02. The third kappa shape index (κ3) is 2.62. The molecular formula is C8H10Br3N3O. The maximum atomic E-state index is 12.0. The van der Waals surface area contributed by atoms with Crippen LogP contribution in [0.4, 0.5) is 4.79 Å². The van der Waals surface area contributed by atoms with E-state index in [9.17, 15) is 4.79 Å². The predicted octanol–water partition coefficient (Wildman–Crippen LogP) is 3.48. The minimum absolute atomic E-state index is 0.100. The number of hydrogen-bond acceptors (Lipinski definition) is 2. The van der Waals surface area contributed by atoms with Crippen LogP contribution in [-0.2, 0) is 0 Å². The molecule has 4 nitrogen and oxygen atoms in total. The molecule has 0 aliphatic rings. The number of nitrogens with zero attached hydrogens (tertiary/aromatic N) is 3. The Hall–Kier alpha value is 0.120. The maximum absolute atomic E-state index is 12.0. The lowest BCUT2D eigenvalue weighted by Gasteiger charge is -2.19. The average molecular weight is 404 g/mol. The summed E-state index contributed by atoms with van der Waals surface area (Å²) in [5.74, 6) is 0. The number of halogens is 3. The molecule has 0 fully saturated rings. The van der Waals surface area contributed by atoms with Crippen LogP contribution in [0.15, 0.2) is 13.9 Å². The summed E-state index contributed by atoms with van der Waals surface area (Å²) in [7, 11) is 0. The SMILES string of the molecule is CCN(CC)C(=O)n1c(Br)nc(Br)c1Br. The van der Waals surface area contributed by atoms with Crippen LogP contribution >= 0.6 is 47.8 Å². The molecule has 0 aromatic carbocycles. The Balaban J connectivity index is 3.10.